The summed E-state index contributed by atoms with van der Waals surface area (Å²) in [6, 6.07) is 0. The van der Waals surface area contributed by atoms with Gasteiger partial charge in [0.05, 0.1) is 0 Å². The van der Waals surface area contributed by atoms with Gasteiger partial charge in [-0.15, -0.1) is 0 Å². The van der Waals surface area contributed by atoms with Gasteiger partial charge < -0.3 is 13.3 Å². The van der Waals surface area contributed by atoms with Gasteiger partial charge in [-0.1, -0.05) is 59.5 Å². The average Bonchev–Trinajstić information content (AvgIpc) is 2.47. The Kier molecular flexibility index (Phi) is 13.7. The summed E-state index contributed by atoms with van der Waals surface area (Å²) >= 11 is 0. The molecular weight excluding hydrogens is 268 g/mol. The molecule has 3 nitrogen and oxygen atoms in total. The molecule has 20 heavy (non-hydrogen) atoms. The quantitative estimate of drug-likeness (QED) is 0.319. The minimum absolute atomic E-state index is 0.704. The van der Waals surface area contributed by atoms with Crippen molar-refractivity contribution in [1.29, 1.82) is 0 Å². The van der Waals surface area contributed by atoms with Crippen LogP contribution < -0.4 is 0 Å². The molecule has 120 valence electrons. The van der Waals surface area contributed by atoms with Gasteiger partial charge in [0.1, 0.15) is 0 Å². The fraction of sp³-hybridized carbons (Fsp3) is 0.875. The van der Waals surface area contributed by atoms with Crippen molar-refractivity contribution in [3.05, 3.63) is 12.3 Å². The lowest BCUT2D eigenvalue weighted by Gasteiger charge is -2.26. The van der Waals surface area contributed by atoms with Crippen molar-refractivity contribution in [2.75, 3.05) is 19.8 Å². The van der Waals surface area contributed by atoms with Crippen LogP contribution in [0.2, 0.25) is 0 Å². The monoisotopic (exact) mass is 302 g/mol. The Morgan fingerprint density at radius 1 is 0.700 bits per heavy atom. The van der Waals surface area contributed by atoms with Gasteiger partial charge in [0.15, 0.2) is 0 Å². The summed E-state index contributed by atoms with van der Waals surface area (Å²) in [5, 5.41) is 0. The molecule has 0 saturated heterocycles. The molecule has 0 radical (unpaired) electrons. The lowest BCUT2D eigenvalue weighted by molar-refractivity contribution is 0.0682. The fourth-order valence-electron chi connectivity index (χ4n) is 1.76. The van der Waals surface area contributed by atoms with E-state index in [1.807, 2.05) is 0 Å². The molecule has 0 aliphatic rings. The largest absolute Gasteiger partial charge is 0.529 e. The van der Waals surface area contributed by atoms with Crippen LogP contribution in [0.3, 0.4) is 0 Å². The molecule has 0 aromatic carbocycles. The first-order valence-corrected chi connectivity index (χ1v) is 10.1. The predicted octanol–water partition coefficient (Wildman–Crippen LogP) is 4.88. The van der Waals surface area contributed by atoms with Crippen molar-refractivity contribution in [3.63, 3.8) is 0 Å². The van der Waals surface area contributed by atoms with E-state index in [-0.39, 0.29) is 0 Å². The molecule has 0 aromatic heterocycles. The molecule has 0 bridgehead atoms. The van der Waals surface area contributed by atoms with Crippen molar-refractivity contribution in [3.8, 4) is 0 Å². The van der Waals surface area contributed by atoms with Crippen LogP contribution >= 0.6 is 0 Å². The molecule has 0 amide bonds. The number of rotatable bonds is 15. The average molecular weight is 303 g/mol. The maximum absolute atomic E-state index is 6.00. The van der Waals surface area contributed by atoms with Crippen LogP contribution in [0.1, 0.15) is 72.1 Å². The zero-order valence-corrected chi connectivity index (χ0v) is 14.8. The highest BCUT2D eigenvalue weighted by Crippen LogP contribution is 2.14. The summed E-state index contributed by atoms with van der Waals surface area (Å²) in [5.41, 5.74) is 1.79. The zero-order valence-electron chi connectivity index (χ0n) is 13.8. The van der Waals surface area contributed by atoms with E-state index in [9.17, 15) is 0 Å². The van der Waals surface area contributed by atoms with Crippen molar-refractivity contribution in [2.45, 2.75) is 72.1 Å². The Balaban J connectivity index is 4.20. The predicted molar refractivity (Wildman–Crippen MR) is 87.8 cm³/mol. The lowest BCUT2D eigenvalue weighted by Crippen LogP contribution is -2.45. The third-order valence-electron chi connectivity index (χ3n) is 3.15. The third-order valence-corrected chi connectivity index (χ3v) is 5.47. The molecule has 0 heterocycles. The molecule has 0 aliphatic carbocycles. The van der Waals surface area contributed by atoms with Gasteiger partial charge in [-0.25, -0.2) is 0 Å². The Morgan fingerprint density at radius 3 is 1.55 bits per heavy atom. The van der Waals surface area contributed by atoms with Gasteiger partial charge in [-0.05, 0) is 25.0 Å². The van der Waals surface area contributed by atoms with Gasteiger partial charge in [0.25, 0.3) is 0 Å². The first kappa shape index (κ1) is 19.8. The summed E-state index contributed by atoms with van der Waals surface area (Å²) in [5.74, 6) is 0. The molecule has 4 heteroatoms. The van der Waals surface area contributed by atoms with Crippen LogP contribution in [0.4, 0.5) is 0 Å². The van der Waals surface area contributed by atoms with Crippen LogP contribution in [-0.2, 0) is 13.3 Å². The summed E-state index contributed by atoms with van der Waals surface area (Å²) in [7, 11) is -2.64. The van der Waals surface area contributed by atoms with E-state index in [0.29, 0.717) is 13.2 Å². The second kappa shape index (κ2) is 13.8. The van der Waals surface area contributed by atoms with Gasteiger partial charge in [0.2, 0.25) is 0 Å². The Hall–Kier alpha value is -0.163. The summed E-state index contributed by atoms with van der Waals surface area (Å²) in [4.78, 5) is 0. The normalized spacial score (nSPS) is 11.8. The van der Waals surface area contributed by atoms with E-state index >= 15 is 0 Å². The summed E-state index contributed by atoms with van der Waals surface area (Å²) in [6.07, 6.45) is 9.11. The highest BCUT2D eigenvalue weighted by Gasteiger charge is 2.37. The van der Waals surface area contributed by atoms with Crippen molar-refractivity contribution in [1.82, 2.24) is 0 Å². The minimum Gasteiger partial charge on any atom is -0.370 e. The van der Waals surface area contributed by atoms with Gasteiger partial charge in [-0.2, -0.15) is 0 Å². The Bertz CT molecular complexity index is 212. The van der Waals surface area contributed by atoms with Crippen LogP contribution in [0.5, 0.6) is 0 Å². The van der Waals surface area contributed by atoms with E-state index in [1.54, 1.807) is 5.70 Å². The van der Waals surface area contributed by atoms with Crippen molar-refractivity contribution >= 4 is 8.80 Å². The highest BCUT2D eigenvalue weighted by molar-refractivity contribution is 6.66. The molecule has 0 rings (SSSR count). The minimum atomic E-state index is -2.64. The van der Waals surface area contributed by atoms with Crippen LogP contribution in [-0.4, -0.2) is 28.6 Å². The van der Waals surface area contributed by atoms with E-state index in [4.69, 9.17) is 13.3 Å². The molecule has 0 spiro atoms. The SMILES string of the molecule is C=C[Si](OCCCC)(OCCCC)OCCCCCC. The smallest absolute Gasteiger partial charge is 0.370 e. The van der Waals surface area contributed by atoms with E-state index in [2.05, 4.69) is 27.4 Å². The maximum atomic E-state index is 6.00. The first-order chi connectivity index (χ1) is 9.74. The molecule has 0 atom stereocenters. The zero-order chi connectivity index (χ0) is 15.1. The topological polar surface area (TPSA) is 27.7 Å². The number of unbranched alkanes of at least 4 members (excludes halogenated alkanes) is 5. The van der Waals surface area contributed by atoms with Crippen molar-refractivity contribution < 1.29 is 13.3 Å². The third kappa shape index (κ3) is 9.70. The molecule has 0 fully saturated rings. The van der Waals surface area contributed by atoms with E-state index in [1.165, 1.54) is 19.3 Å². The van der Waals surface area contributed by atoms with Gasteiger partial charge in [-0.3, -0.25) is 0 Å². The molecule has 0 unspecified atom stereocenters. The standard InChI is InChI=1S/C16H34O3Si/c1-5-9-12-13-16-19-20(8-4,17-14-10-6-2)18-15-11-7-3/h8H,4-7,9-16H2,1-3H3. The van der Waals surface area contributed by atoms with E-state index in [0.717, 1.165) is 38.7 Å². The number of hydrogen-bond donors (Lipinski definition) is 0. The van der Waals surface area contributed by atoms with Gasteiger partial charge in [0, 0.05) is 19.8 Å². The molecule has 0 aromatic rings. The van der Waals surface area contributed by atoms with Gasteiger partial charge >= 0.3 is 8.80 Å². The Labute approximate surface area is 127 Å². The lowest BCUT2D eigenvalue weighted by atomic mass is 10.2. The first-order valence-electron chi connectivity index (χ1n) is 8.30. The Morgan fingerprint density at radius 2 is 1.15 bits per heavy atom. The van der Waals surface area contributed by atoms with Crippen LogP contribution in [0, 0.1) is 0 Å². The second-order valence-electron chi connectivity index (χ2n) is 5.12. The molecule has 0 saturated carbocycles. The van der Waals surface area contributed by atoms with Crippen molar-refractivity contribution in [2.24, 2.45) is 0 Å². The van der Waals surface area contributed by atoms with E-state index < -0.39 is 8.80 Å². The van der Waals surface area contributed by atoms with Crippen LogP contribution in [0.15, 0.2) is 12.3 Å². The summed E-state index contributed by atoms with van der Waals surface area (Å²) < 4.78 is 17.9. The summed E-state index contributed by atoms with van der Waals surface area (Å²) in [6.45, 7) is 12.5. The molecular formula is C16H34O3Si. The van der Waals surface area contributed by atoms with Crippen LogP contribution in [0.25, 0.3) is 0 Å². The second-order valence-corrected chi connectivity index (χ2v) is 7.60. The maximum Gasteiger partial charge on any atom is 0.529 e. The molecule has 0 N–H and O–H groups in total. The fourth-order valence-corrected chi connectivity index (χ4v) is 3.65. The number of hydrogen-bond acceptors (Lipinski definition) is 3. The molecule has 0 aliphatic heterocycles. The highest BCUT2D eigenvalue weighted by atomic mass is 28.4.